The maximum absolute atomic E-state index is 12.4. The predicted molar refractivity (Wildman–Crippen MR) is 68.9 cm³/mol. The molecule has 3 rings (SSSR count). The molecule has 2 aliphatic rings. The second kappa shape index (κ2) is 4.50. The topological polar surface area (TPSA) is 66.5 Å². The Balaban J connectivity index is 1.90. The smallest absolute Gasteiger partial charge is 0.249 e. The molecule has 19 heavy (non-hydrogen) atoms. The Labute approximate surface area is 110 Å². The highest BCUT2D eigenvalue weighted by atomic mass is 16.2. The first-order valence-electron chi connectivity index (χ1n) is 6.40. The summed E-state index contributed by atoms with van der Waals surface area (Å²) in [5.74, 6) is -0.138. The predicted octanol–water partition coefficient (Wildman–Crippen LogP) is 0.885. The Kier molecular flexibility index (Phi) is 2.81. The molecule has 0 radical (unpaired) electrons. The number of hydrogen-bond acceptors (Lipinski definition) is 3. The van der Waals surface area contributed by atoms with Crippen molar-refractivity contribution in [3.05, 3.63) is 29.8 Å². The zero-order chi connectivity index (χ0) is 13.4. The van der Waals surface area contributed by atoms with E-state index in [1.165, 1.54) is 0 Å². The third-order valence-electron chi connectivity index (χ3n) is 3.62. The summed E-state index contributed by atoms with van der Waals surface area (Å²) >= 11 is 0. The second-order valence-electron chi connectivity index (χ2n) is 4.84. The molecule has 98 valence electrons. The molecule has 5 nitrogen and oxygen atoms in total. The van der Waals surface area contributed by atoms with Crippen LogP contribution in [0.25, 0.3) is 0 Å². The third-order valence-corrected chi connectivity index (χ3v) is 3.62. The van der Waals surface area contributed by atoms with Gasteiger partial charge in [-0.25, -0.2) is 0 Å². The number of carbonyl (C=O) groups is 3. The molecule has 1 fully saturated rings. The number of nitrogens with one attached hydrogen (secondary N) is 1. The van der Waals surface area contributed by atoms with E-state index in [-0.39, 0.29) is 17.6 Å². The van der Waals surface area contributed by atoms with E-state index in [2.05, 4.69) is 5.32 Å². The molecule has 0 aromatic heterocycles. The Hall–Kier alpha value is -2.17. The number of para-hydroxylation sites is 1. The Morgan fingerprint density at radius 1 is 1.21 bits per heavy atom. The molecule has 2 aliphatic heterocycles. The van der Waals surface area contributed by atoms with Crippen LogP contribution in [0, 0.1) is 0 Å². The first kappa shape index (κ1) is 11.9. The normalized spacial score (nSPS) is 22.1. The molecule has 1 atom stereocenters. The van der Waals surface area contributed by atoms with Crippen molar-refractivity contribution in [2.24, 2.45) is 0 Å². The SMILES string of the molecule is O=C1CCC(C(=O)N2CCC(=O)c3ccccc32)N1. The van der Waals surface area contributed by atoms with Crippen molar-refractivity contribution in [3.8, 4) is 0 Å². The second-order valence-corrected chi connectivity index (χ2v) is 4.84. The molecule has 1 aromatic rings. The number of anilines is 1. The quantitative estimate of drug-likeness (QED) is 0.813. The van der Waals surface area contributed by atoms with Crippen LogP contribution in [0.4, 0.5) is 5.69 Å². The van der Waals surface area contributed by atoms with Gasteiger partial charge in [0.05, 0.1) is 5.69 Å². The highest BCUT2D eigenvalue weighted by Gasteiger charge is 2.34. The molecule has 0 saturated carbocycles. The van der Waals surface area contributed by atoms with E-state index in [1.54, 1.807) is 23.1 Å². The number of fused-ring (bicyclic) bond motifs is 1. The molecule has 1 aromatic carbocycles. The van der Waals surface area contributed by atoms with Crippen LogP contribution in [0.5, 0.6) is 0 Å². The minimum Gasteiger partial charge on any atom is -0.344 e. The van der Waals surface area contributed by atoms with Gasteiger partial charge < -0.3 is 10.2 Å². The third kappa shape index (κ3) is 2.01. The number of amides is 2. The molecule has 1 unspecified atom stereocenters. The average Bonchev–Trinajstić information content (AvgIpc) is 2.86. The van der Waals surface area contributed by atoms with E-state index >= 15 is 0 Å². The van der Waals surface area contributed by atoms with Crippen LogP contribution in [0.2, 0.25) is 0 Å². The Morgan fingerprint density at radius 2 is 2.00 bits per heavy atom. The van der Waals surface area contributed by atoms with Gasteiger partial charge in [-0.2, -0.15) is 0 Å². The molecule has 0 aliphatic carbocycles. The van der Waals surface area contributed by atoms with Crippen molar-refractivity contribution >= 4 is 23.3 Å². The van der Waals surface area contributed by atoms with Gasteiger partial charge in [0.1, 0.15) is 6.04 Å². The van der Waals surface area contributed by atoms with E-state index in [0.29, 0.717) is 37.1 Å². The number of nitrogens with zero attached hydrogens (tertiary/aromatic N) is 1. The lowest BCUT2D eigenvalue weighted by Crippen LogP contribution is -2.47. The molecule has 2 amide bonds. The lowest BCUT2D eigenvalue weighted by Gasteiger charge is -2.30. The van der Waals surface area contributed by atoms with Gasteiger partial charge >= 0.3 is 0 Å². The maximum Gasteiger partial charge on any atom is 0.249 e. The summed E-state index contributed by atoms with van der Waals surface area (Å²) in [7, 11) is 0. The van der Waals surface area contributed by atoms with Gasteiger partial charge in [-0.3, -0.25) is 14.4 Å². The van der Waals surface area contributed by atoms with E-state index in [9.17, 15) is 14.4 Å². The summed E-state index contributed by atoms with van der Waals surface area (Å²) < 4.78 is 0. The largest absolute Gasteiger partial charge is 0.344 e. The minimum atomic E-state index is -0.450. The summed E-state index contributed by atoms with van der Waals surface area (Å²) in [6.45, 7) is 0.390. The molecule has 1 saturated heterocycles. The molecular weight excluding hydrogens is 244 g/mol. The molecular formula is C14H14N2O3. The van der Waals surface area contributed by atoms with Gasteiger partial charge in [0.2, 0.25) is 11.8 Å². The van der Waals surface area contributed by atoms with Crippen LogP contribution in [-0.4, -0.2) is 30.2 Å². The molecule has 5 heteroatoms. The fraction of sp³-hybridized carbons (Fsp3) is 0.357. The lowest BCUT2D eigenvalue weighted by molar-refractivity contribution is -0.124. The summed E-state index contributed by atoms with van der Waals surface area (Å²) in [5, 5.41) is 2.68. The highest BCUT2D eigenvalue weighted by molar-refractivity contribution is 6.10. The van der Waals surface area contributed by atoms with Gasteiger partial charge in [0, 0.05) is 24.9 Å². The Morgan fingerprint density at radius 3 is 2.74 bits per heavy atom. The van der Waals surface area contributed by atoms with Crippen LogP contribution in [-0.2, 0) is 9.59 Å². The Bertz CT molecular complexity index is 568. The summed E-state index contributed by atoms with van der Waals surface area (Å²) in [4.78, 5) is 37.1. The molecule has 0 spiro atoms. The van der Waals surface area contributed by atoms with E-state index < -0.39 is 6.04 Å². The van der Waals surface area contributed by atoms with Crippen molar-refractivity contribution in [1.82, 2.24) is 5.32 Å². The van der Waals surface area contributed by atoms with Gasteiger partial charge in [-0.15, -0.1) is 0 Å². The zero-order valence-corrected chi connectivity index (χ0v) is 10.4. The van der Waals surface area contributed by atoms with Crippen LogP contribution in [0.1, 0.15) is 29.6 Å². The van der Waals surface area contributed by atoms with Gasteiger partial charge in [-0.1, -0.05) is 12.1 Å². The van der Waals surface area contributed by atoms with Crippen LogP contribution in [0.15, 0.2) is 24.3 Å². The average molecular weight is 258 g/mol. The number of hydrogen-bond donors (Lipinski definition) is 1. The number of rotatable bonds is 1. The fourth-order valence-corrected chi connectivity index (χ4v) is 2.63. The fourth-order valence-electron chi connectivity index (χ4n) is 2.63. The van der Waals surface area contributed by atoms with Crippen LogP contribution in [0.3, 0.4) is 0 Å². The number of benzene rings is 1. The van der Waals surface area contributed by atoms with Gasteiger partial charge in [0.25, 0.3) is 0 Å². The minimum absolute atomic E-state index is 0.0649. The molecule has 1 N–H and O–H groups in total. The first-order chi connectivity index (χ1) is 9.16. The summed E-state index contributed by atoms with van der Waals surface area (Å²) in [5.41, 5.74) is 1.25. The zero-order valence-electron chi connectivity index (χ0n) is 10.4. The number of Topliss-reactive ketones (excluding diaryl/α,β-unsaturated/α-hetero) is 1. The standard InChI is InChI=1S/C14H14N2O3/c17-12-7-8-16(11-4-2-1-3-9(11)12)14(19)10-5-6-13(18)15-10/h1-4,10H,5-8H2,(H,15,18). The van der Waals surface area contributed by atoms with Gasteiger partial charge in [-0.05, 0) is 18.6 Å². The van der Waals surface area contributed by atoms with Crippen LogP contribution >= 0.6 is 0 Å². The molecule has 0 bridgehead atoms. The summed E-state index contributed by atoms with van der Waals surface area (Å²) in [6.07, 6.45) is 1.26. The molecule has 2 heterocycles. The van der Waals surface area contributed by atoms with E-state index in [1.807, 2.05) is 6.07 Å². The number of carbonyl (C=O) groups excluding carboxylic acids is 3. The monoisotopic (exact) mass is 258 g/mol. The lowest BCUT2D eigenvalue weighted by atomic mass is 9.99. The van der Waals surface area contributed by atoms with Crippen molar-refractivity contribution in [1.29, 1.82) is 0 Å². The number of ketones is 1. The van der Waals surface area contributed by atoms with Crippen LogP contribution < -0.4 is 10.2 Å². The first-order valence-corrected chi connectivity index (χ1v) is 6.40. The summed E-state index contributed by atoms with van der Waals surface area (Å²) in [6, 6.07) is 6.67. The van der Waals surface area contributed by atoms with Gasteiger partial charge in [0.15, 0.2) is 5.78 Å². The van der Waals surface area contributed by atoms with Crippen molar-refractivity contribution in [3.63, 3.8) is 0 Å². The highest BCUT2D eigenvalue weighted by Crippen LogP contribution is 2.28. The van der Waals surface area contributed by atoms with E-state index in [4.69, 9.17) is 0 Å². The van der Waals surface area contributed by atoms with Crippen molar-refractivity contribution in [2.75, 3.05) is 11.4 Å². The maximum atomic E-state index is 12.4. The van der Waals surface area contributed by atoms with E-state index in [0.717, 1.165) is 0 Å². The van der Waals surface area contributed by atoms with Crippen molar-refractivity contribution in [2.45, 2.75) is 25.3 Å². The van der Waals surface area contributed by atoms with Crippen molar-refractivity contribution < 1.29 is 14.4 Å².